The van der Waals surface area contributed by atoms with Crippen LogP contribution in [0.2, 0.25) is 0 Å². The first kappa shape index (κ1) is 22.3. The van der Waals surface area contributed by atoms with E-state index in [0.29, 0.717) is 38.4 Å². The number of rotatable bonds is 8. The van der Waals surface area contributed by atoms with Crippen LogP contribution in [0.25, 0.3) is 0 Å². The van der Waals surface area contributed by atoms with Crippen LogP contribution < -0.4 is 10.2 Å². The van der Waals surface area contributed by atoms with Gasteiger partial charge in [0.1, 0.15) is 0 Å². The molecular formula is C22H29N3O4S. The van der Waals surface area contributed by atoms with E-state index in [1.165, 1.54) is 16.4 Å². The molecule has 1 amide bonds. The van der Waals surface area contributed by atoms with Crippen LogP contribution in [0.15, 0.2) is 53.4 Å². The number of carbonyl (C=O) groups is 1. The summed E-state index contributed by atoms with van der Waals surface area (Å²) in [4.78, 5) is 14.9. The molecule has 1 saturated heterocycles. The first-order valence-corrected chi connectivity index (χ1v) is 11.7. The van der Waals surface area contributed by atoms with Gasteiger partial charge in [-0.3, -0.25) is 4.79 Å². The van der Waals surface area contributed by atoms with E-state index < -0.39 is 10.0 Å². The van der Waals surface area contributed by atoms with E-state index in [1.54, 1.807) is 12.1 Å². The van der Waals surface area contributed by atoms with Crippen molar-refractivity contribution in [1.29, 1.82) is 0 Å². The number of carbonyl (C=O) groups excluding carboxylic acids is 1. The Kier molecular flexibility index (Phi) is 7.47. The molecule has 0 saturated carbocycles. The van der Waals surface area contributed by atoms with Gasteiger partial charge in [-0.2, -0.15) is 4.31 Å². The van der Waals surface area contributed by atoms with Crippen molar-refractivity contribution in [3.63, 3.8) is 0 Å². The number of sulfonamides is 1. The van der Waals surface area contributed by atoms with Crippen LogP contribution in [0.3, 0.4) is 0 Å². The lowest BCUT2D eigenvalue weighted by atomic mass is 10.1. The van der Waals surface area contributed by atoms with Crippen molar-refractivity contribution in [2.24, 2.45) is 0 Å². The predicted octanol–water partition coefficient (Wildman–Crippen LogP) is 2.48. The molecule has 0 unspecified atom stereocenters. The standard InChI is InChI=1S/C22H29N3O4S/c1-3-24(4-2)20-9-5-18(6-10-20)17-23-22(26)19-7-11-21(12-8-19)30(27,28)25-13-15-29-16-14-25/h5-12H,3-4,13-17H2,1-2H3,(H,23,26). The molecule has 0 aliphatic carbocycles. The number of benzene rings is 2. The fraction of sp³-hybridized carbons (Fsp3) is 0.409. The van der Waals surface area contributed by atoms with Gasteiger partial charge in [0.05, 0.1) is 18.1 Å². The van der Waals surface area contributed by atoms with Gasteiger partial charge in [0, 0.05) is 44.0 Å². The van der Waals surface area contributed by atoms with Crippen LogP contribution in [0.4, 0.5) is 5.69 Å². The van der Waals surface area contributed by atoms with E-state index in [4.69, 9.17) is 4.74 Å². The molecule has 1 aliphatic heterocycles. The Bertz CT molecular complexity index is 933. The number of hydrogen-bond donors (Lipinski definition) is 1. The highest BCUT2D eigenvalue weighted by molar-refractivity contribution is 7.89. The van der Waals surface area contributed by atoms with E-state index in [-0.39, 0.29) is 10.8 Å². The molecule has 7 nitrogen and oxygen atoms in total. The van der Waals surface area contributed by atoms with Crippen LogP contribution in [0.1, 0.15) is 29.8 Å². The van der Waals surface area contributed by atoms with E-state index >= 15 is 0 Å². The lowest BCUT2D eigenvalue weighted by molar-refractivity contribution is 0.0730. The van der Waals surface area contributed by atoms with Gasteiger partial charge in [-0.25, -0.2) is 8.42 Å². The third kappa shape index (κ3) is 5.19. The zero-order valence-electron chi connectivity index (χ0n) is 17.5. The number of hydrogen-bond acceptors (Lipinski definition) is 5. The molecule has 2 aromatic carbocycles. The molecule has 1 N–H and O–H groups in total. The molecule has 0 aromatic heterocycles. The summed E-state index contributed by atoms with van der Waals surface area (Å²) >= 11 is 0. The fourth-order valence-corrected chi connectivity index (χ4v) is 4.82. The van der Waals surface area contributed by atoms with Gasteiger partial charge < -0.3 is 15.0 Å². The lowest BCUT2D eigenvalue weighted by Crippen LogP contribution is -2.40. The largest absolute Gasteiger partial charge is 0.379 e. The summed E-state index contributed by atoms with van der Waals surface area (Å²) in [7, 11) is -3.56. The summed E-state index contributed by atoms with van der Waals surface area (Å²) in [5, 5.41) is 2.88. The zero-order chi connectivity index (χ0) is 21.6. The van der Waals surface area contributed by atoms with Crippen molar-refractivity contribution in [3.05, 3.63) is 59.7 Å². The average molecular weight is 432 g/mol. The molecule has 1 aliphatic rings. The maximum Gasteiger partial charge on any atom is 0.251 e. The monoisotopic (exact) mass is 431 g/mol. The third-order valence-electron chi connectivity index (χ3n) is 5.24. The summed E-state index contributed by atoms with van der Waals surface area (Å²) in [6.45, 7) is 8.03. The minimum absolute atomic E-state index is 0.188. The quantitative estimate of drug-likeness (QED) is 0.695. The Morgan fingerprint density at radius 2 is 1.60 bits per heavy atom. The maximum atomic E-state index is 12.7. The first-order chi connectivity index (χ1) is 14.5. The number of nitrogens with zero attached hydrogens (tertiary/aromatic N) is 2. The molecule has 0 spiro atoms. The highest BCUT2D eigenvalue weighted by Gasteiger charge is 2.26. The van der Waals surface area contributed by atoms with Crippen LogP contribution in [-0.4, -0.2) is 58.0 Å². The minimum atomic E-state index is -3.56. The first-order valence-electron chi connectivity index (χ1n) is 10.3. The van der Waals surface area contributed by atoms with Crippen LogP contribution in [0, 0.1) is 0 Å². The van der Waals surface area contributed by atoms with Gasteiger partial charge in [-0.15, -0.1) is 0 Å². The Morgan fingerprint density at radius 3 is 2.17 bits per heavy atom. The van der Waals surface area contributed by atoms with Gasteiger partial charge in [0.15, 0.2) is 0 Å². The van der Waals surface area contributed by atoms with Crippen molar-refractivity contribution < 1.29 is 17.9 Å². The van der Waals surface area contributed by atoms with E-state index in [2.05, 4.69) is 36.2 Å². The van der Waals surface area contributed by atoms with Gasteiger partial charge in [-0.05, 0) is 55.8 Å². The second-order valence-corrected chi connectivity index (χ2v) is 9.00. The smallest absolute Gasteiger partial charge is 0.251 e. The number of amides is 1. The van der Waals surface area contributed by atoms with E-state index in [0.717, 1.165) is 24.3 Å². The summed E-state index contributed by atoms with van der Waals surface area (Å²) in [6.07, 6.45) is 0. The van der Waals surface area contributed by atoms with E-state index in [1.807, 2.05) is 12.1 Å². The fourth-order valence-electron chi connectivity index (χ4n) is 3.41. The maximum absolute atomic E-state index is 12.7. The van der Waals surface area contributed by atoms with Gasteiger partial charge >= 0.3 is 0 Å². The SMILES string of the molecule is CCN(CC)c1ccc(CNC(=O)c2ccc(S(=O)(=O)N3CCOCC3)cc2)cc1. The molecule has 0 atom stereocenters. The molecule has 1 fully saturated rings. The Morgan fingerprint density at radius 1 is 1.00 bits per heavy atom. The van der Waals surface area contributed by atoms with Gasteiger partial charge in [-0.1, -0.05) is 12.1 Å². The number of nitrogens with one attached hydrogen (secondary N) is 1. The topological polar surface area (TPSA) is 79.0 Å². The number of ether oxygens (including phenoxy) is 1. The highest BCUT2D eigenvalue weighted by Crippen LogP contribution is 2.18. The van der Waals surface area contributed by atoms with Crippen molar-refractivity contribution in [3.8, 4) is 0 Å². The Balaban J connectivity index is 1.59. The van der Waals surface area contributed by atoms with E-state index in [9.17, 15) is 13.2 Å². The summed E-state index contributed by atoms with van der Waals surface area (Å²) < 4.78 is 32.0. The molecule has 30 heavy (non-hydrogen) atoms. The molecule has 3 rings (SSSR count). The van der Waals surface area contributed by atoms with Crippen molar-refractivity contribution in [1.82, 2.24) is 9.62 Å². The normalized spacial score (nSPS) is 15.0. The molecule has 8 heteroatoms. The summed E-state index contributed by atoms with van der Waals surface area (Å²) in [5.41, 5.74) is 2.59. The van der Waals surface area contributed by atoms with Gasteiger partial charge in [0.25, 0.3) is 5.91 Å². The average Bonchev–Trinajstić information content (AvgIpc) is 2.80. The van der Waals surface area contributed by atoms with Crippen molar-refractivity contribution in [2.45, 2.75) is 25.3 Å². The van der Waals surface area contributed by atoms with Crippen molar-refractivity contribution >= 4 is 21.6 Å². The Labute approximate surface area is 178 Å². The molecule has 1 heterocycles. The van der Waals surface area contributed by atoms with Crippen LogP contribution in [-0.2, 0) is 21.3 Å². The second kappa shape index (κ2) is 10.1. The second-order valence-electron chi connectivity index (χ2n) is 7.06. The number of anilines is 1. The minimum Gasteiger partial charge on any atom is -0.379 e. The molecule has 0 radical (unpaired) electrons. The molecule has 2 aromatic rings. The lowest BCUT2D eigenvalue weighted by Gasteiger charge is -2.26. The van der Waals surface area contributed by atoms with Crippen LogP contribution >= 0.6 is 0 Å². The zero-order valence-corrected chi connectivity index (χ0v) is 18.3. The molecular weight excluding hydrogens is 402 g/mol. The number of morpholine rings is 1. The van der Waals surface area contributed by atoms with Crippen molar-refractivity contribution in [2.75, 3.05) is 44.3 Å². The summed E-state index contributed by atoms with van der Waals surface area (Å²) in [6, 6.07) is 14.2. The summed E-state index contributed by atoms with van der Waals surface area (Å²) in [5.74, 6) is -0.238. The molecule has 162 valence electrons. The van der Waals surface area contributed by atoms with Gasteiger partial charge in [0.2, 0.25) is 10.0 Å². The Hall–Kier alpha value is -2.42. The predicted molar refractivity (Wildman–Crippen MR) is 117 cm³/mol. The molecule has 0 bridgehead atoms. The highest BCUT2D eigenvalue weighted by atomic mass is 32.2. The third-order valence-corrected chi connectivity index (χ3v) is 7.16. The van der Waals surface area contributed by atoms with Crippen LogP contribution in [0.5, 0.6) is 0 Å².